The Hall–Kier alpha value is -2.85. The van der Waals surface area contributed by atoms with Gasteiger partial charge in [0.15, 0.2) is 0 Å². The van der Waals surface area contributed by atoms with Gasteiger partial charge in [0.2, 0.25) is 0 Å². The second-order valence-corrected chi connectivity index (χ2v) is 7.28. The van der Waals surface area contributed by atoms with Crippen molar-refractivity contribution in [3.05, 3.63) is 59.7 Å². The maximum absolute atomic E-state index is 12.4. The molecule has 1 atom stereocenters. The van der Waals surface area contributed by atoms with Crippen molar-refractivity contribution in [1.82, 2.24) is 5.32 Å². The summed E-state index contributed by atoms with van der Waals surface area (Å²) in [5.74, 6) is -0.238. The Morgan fingerprint density at radius 2 is 1.72 bits per heavy atom. The molecule has 0 saturated heterocycles. The summed E-state index contributed by atoms with van der Waals surface area (Å²) in [6.45, 7) is 3.87. The second-order valence-electron chi connectivity index (χ2n) is 5.60. The quantitative estimate of drug-likeness (QED) is 0.830. The van der Waals surface area contributed by atoms with Crippen LogP contribution in [0.2, 0.25) is 0 Å². The van der Waals surface area contributed by atoms with Gasteiger partial charge in [0.25, 0.3) is 15.9 Å². The zero-order chi connectivity index (χ0) is 18.4. The van der Waals surface area contributed by atoms with E-state index in [9.17, 15) is 13.2 Å². The molecule has 0 bridgehead atoms. The number of nitriles is 1. The van der Waals surface area contributed by atoms with Gasteiger partial charge in [-0.3, -0.25) is 9.52 Å². The molecule has 0 radical (unpaired) electrons. The summed E-state index contributed by atoms with van der Waals surface area (Å²) in [6.07, 6.45) is 0.812. The van der Waals surface area contributed by atoms with Crippen molar-refractivity contribution >= 4 is 21.6 Å². The van der Waals surface area contributed by atoms with Crippen molar-refractivity contribution in [3.8, 4) is 6.07 Å². The lowest BCUT2D eigenvalue weighted by Crippen LogP contribution is -2.31. The van der Waals surface area contributed by atoms with Crippen molar-refractivity contribution in [2.24, 2.45) is 0 Å². The average molecular weight is 357 g/mol. The van der Waals surface area contributed by atoms with Crippen LogP contribution in [-0.2, 0) is 10.0 Å². The van der Waals surface area contributed by atoms with Gasteiger partial charge in [-0.2, -0.15) is 5.26 Å². The van der Waals surface area contributed by atoms with E-state index in [2.05, 4.69) is 10.0 Å². The molecule has 2 N–H and O–H groups in total. The van der Waals surface area contributed by atoms with E-state index in [1.165, 1.54) is 48.5 Å². The fourth-order valence-corrected chi connectivity index (χ4v) is 3.08. The van der Waals surface area contributed by atoms with E-state index >= 15 is 0 Å². The molecule has 2 rings (SSSR count). The minimum absolute atomic E-state index is 0.0500. The molecular weight excluding hydrogens is 338 g/mol. The maximum atomic E-state index is 12.4. The van der Waals surface area contributed by atoms with Crippen LogP contribution in [0.25, 0.3) is 0 Å². The fourth-order valence-electron chi connectivity index (χ4n) is 2.02. The van der Waals surface area contributed by atoms with Gasteiger partial charge in [0, 0.05) is 17.3 Å². The van der Waals surface area contributed by atoms with Crippen LogP contribution in [0.5, 0.6) is 0 Å². The van der Waals surface area contributed by atoms with Gasteiger partial charge < -0.3 is 5.32 Å². The number of benzene rings is 2. The lowest BCUT2D eigenvalue weighted by Gasteiger charge is -2.12. The summed E-state index contributed by atoms with van der Waals surface area (Å²) in [7, 11) is -3.77. The van der Waals surface area contributed by atoms with E-state index in [-0.39, 0.29) is 16.8 Å². The molecule has 1 unspecified atom stereocenters. The van der Waals surface area contributed by atoms with E-state index in [0.717, 1.165) is 6.42 Å². The molecule has 0 aromatic heterocycles. The van der Waals surface area contributed by atoms with Crippen LogP contribution in [0.4, 0.5) is 5.69 Å². The number of carbonyl (C=O) groups excluding carboxylic acids is 1. The number of anilines is 1. The highest BCUT2D eigenvalue weighted by Crippen LogP contribution is 2.17. The highest BCUT2D eigenvalue weighted by atomic mass is 32.2. The van der Waals surface area contributed by atoms with Crippen LogP contribution in [0.15, 0.2) is 53.4 Å². The van der Waals surface area contributed by atoms with Crippen molar-refractivity contribution in [3.63, 3.8) is 0 Å². The second kappa shape index (κ2) is 7.81. The highest BCUT2D eigenvalue weighted by Gasteiger charge is 2.15. The van der Waals surface area contributed by atoms with E-state index < -0.39 is 10.0 Å². The van der Waals surface area contributed by atoms with E-state index in [4.69, 9.17) is 5.26 Å². The van der Waals surface area contributed by atoms with Gasteiger partial charge >= 0.3 is 0 Å². The monoisotopic (exact) mass is 357 g/mol. The Kier molecular flexibility index (Phi) is 5.78. The third-order valence-corrected chi connectivity index (χ3v) is 5.08. The van der Waals surface area contributed by atoms with Gasteiger partial charge in [-0.15, -0.1) is 0 Å². The van der Waals surface area contributed by atoms with Crippen molar-refractivity contribution in [2.45, 2.75) is 31.2 Å². The van der Waals surface area contributed by atoms with Crippen LogP contribution in [0, 0.1) is 11.3 Å². The molecule has 2 aromatic rings. The number of hydrogen-bond donors (Lipinski definition) is 2. The van der Waals surface area contributed by atoms with Crippen molar-refractivity contribution < 1.29 is 13.2 Å². The summed E-state index contributed by atoms with van der Waals surface area (Å²) in [6, 6.07) is 13.8. The number of amides is 1. The molecule has 0 heterocycles. The average Bonchev–Trinajstić information content (AvgIpc) is 2.62. The molecule has 0 saturated carbocycles. The molecular formula is C18H19N3O3S. The summed E-state index contributed by atoms with van der Waals surface area (Å²) in [5.41, 5.74) is 1.20. The topological polar surface area (TPSA) is 99.1 Å². The molecule has 1 amide bonds. The zero-order valence-electron chi connectivity index (χ0n) is 14.0. The van der Waals surface area contributed by atoms with Gasteiger partial charge in [-0.25, -0.2) is 8.42 Å². The number of rotatable bonds is 6. The first-order valence-corrected chi connectivity index (χ1v) is 9.28. The highest BCUT2D eigenvalue weighted by molar-refractivity contribution is 7.92. The summed E-state index contributed by atoms with van der Waals surface area (Å²) < 4.78 is 27.2. The fraction of sp³-hybridized carbons (Fsp3) is 0.222. The Bertz CT molecular complexity index is 883. The first-order chi connectivity index (χ1) is 11.9. The van der Waals surface area contributed by atoms with Gasteiger partial charge in [0.05, 0.1) is 16.5 Å². The number of sulfonamides is 1. The van der Waals surface area contributed by atoms with Crippen LogP contribution in [0.1, 0.15) is 36.2 Å². The van der Waals surface area contributed by atoms with Crippen molar-refractivity contribution in [1.29, 1.82) is 5.26 Å². The smallest absolute Gasteiger partial charge is 0.261 e. The van der Waals surface area contributed by atoms with Gasteiger partial charge in [-0.1, -0.05) is 6.92 Å². The molecule has 0 aliphatic heterocycles. The third kappa shape index (κ3) is 4.81. The lowest BCUT2D eigenvalue weighted by molar-refractivity contribution is 0.0939. The predicted molar refractivity (Wildman–Crippen MR) is 95.6 cm³/mol. The molecule has 25 heavy (non-hydrogen) atoms. The maximum Gasteiger partial charge on any atom is 0.261 e. The van der Waals surface area contributed by atoms with Crippen LogP contribution in [-0.4, -0.2) is 20.4 Å². The minimum Gasteiger partial charge on any atom is -0.350 e. The zero-order valence-corrected chi connectivity index (χ0v) is 14.8. The lowest BCUT2D eigenvalue weighted by atomic mass is 10.2. The molecule has 0 aliphatic rings. The van der Waals surface area contributed by atoms with Crippen LogP contribution >= 0.6 is 0 Å². The van der Waals surface area contributed by atoms with Crippen molar-refractivity contribution in [2.75, 3.05) is 4.72 Å². The van der Waals surface area contributed by atoms with E-state index in [0.29, 0.717) is 16.8 Å². The first-order valence-electron chi connectivity index (χ1n) is 7.79. The molecule has 2 aromatic carbocycles. The van der Waals surface area contributed by atoms with Gasteiger partial charge in [0.1, 0.15) is 0 Å². The first kappa shape index (κ1) is 18.5. The molecule has 130 valence electrons. The largest absolute Gasteiger partial charge is 0.350 e. The number of carbonyl (C=O) groups is 1. The van der Waals surface area contributed by atoms with E-state index in [1.807, 2.05) is 19.9 Å². The molecule has 6 nitrogen and oxygen atoms in total. The molecule has 0 fully saturated rings. The van der Waals surface area contributed by atoms with E-state index in [1.54, 1.807) is 0 Å². The minimum atomic E-state index is -3.77. The summed E-state index contributed by atoms with van der Waals surface area (Å²) in [4.78, 5) is 12.1. The Labute approximate surface area is 147 Å². The third-order valence-electron chi connectivity index (χ3n) is 3.68. The molecule has 0 spiro atoms. The Morgan fingerprint density at radius 1 is 1.12 bits per heavy atom. The number of nitrogens with one attached hydrogen (secondary N) is 2. The predicted octanol–water partition coefficient (Wildman–Crippen LogP) is 2.89. The van der Waals surface area contributed by atoms with Crippen LogP contribution in [0.3, 0.4) is 0 Å². The Balaban J connectivity index is 2.14. The SMILES string of the molecule is CCC(C)NC(=O)c1ccc(S(=O)(=O)Nc2ccc(C#N)cc2)cc1. The summed E-state index contributed by atoms with van der Waals surface area (Å²) >= 11 is 0. The normalized spacial score (nSPS) is 12.0. The standard InChI is InChI=1S/C18H19N3O3S/c1-3-13(2)20-18(22)15-6-10-17(11-7-15)25(23,24)21-16-8-4-14(12-19)5-9-16/h4-11,13,21H,3H2,1-2H3,(H,20,22). The number of nitrogens with zero attached hydrogens (tertiary/aromatic N) is 1. The number of hydrogen-bond acceptors (Lipinski definition) is 4. The van der Waals surface area contributed by atoms with Gasteiger partial charge in [-0.05, 0) is 61.9 Å². The molecule has 0 aliphatic carbocycles. The Morgan fingerprint density at radius 3 is 2.24 bits per heavy atom. The van der Waals surface area contributed by atoms with Crippen LogP contribution < -0.4 is 10.0 Å². The summed E-state index contributed by atoms with van der Waals surface area (Å²) in [5, 5.41) is 11.6. The molecule has 7 heteroatoms.